The van der Waals surface area contributed by atoms with E-state index in [9.17, 15) is 9.18 Å². The van der Waals surface area contributed by atoms with Crippen LogP contribution in [0.25, 0.3) is 0 Å². The maximum atomic E-state index is 13.1. The smallest absolute Gasteiger partial charge is 0.234 e. The monoisotopic (exact) mass is 321 g/mol. The van der Waals surface area contributed by atoms with Crippen LogP contribution in [0.2, 0.25) is 0 Å². The van der Waals surface area contributed by atoms with Crippen LogP contribution in [-0.2, 0) is 4.79 Å². The van der Waals surface area contributed by atoms with Crippen LogP contribution in [-0.4, -0.2) is 31.9 Å². The second-order valence-corrected chi connectivity index (χ2v) is 6.13. The summed E-state index contributed by atoms with van der Waals surface area (Å²) in [6.45, 7) is 0. The number of benzene rings is 1. The number of thioether (sulfide) groups is 1. The van der Waals surface area contributed by atoms with E-state index >= 15 is 0 Å². The minimum Gasteiger partial charge on any atom is -0.325 e. The quantitative estimate of drug-likeness (QED) is 0.857. The molecule has 116 valence electrons. The Morgan fingerprint density at radius 3 is 3.00 bits per heavy atom. The zero-order chi connectivity index (χ0) is 15.4. The Kier molecular flexibility index (Phi) is 4.67. The number of carbonyl (C=O) groups is 1. The van der Waals surface area contributed by atoms with Crippen molar-refractivity contribution in [1.82, 2.24) is 20.2 Å². The zero-order valence-corrected chi connectivity index (χ0v) is 12.7. The number of amides is 1. The van der Waals surface area contributed by atoms with Crippen molar-refractivity contribution in [2.75, 3.05) is 11.1 Å². The number of hydrogen-bond acceptors (Lipinski definition) is 5. The first-order chi connectivity index (χ1) is 10.7. The fourth-order valence-corrected chi connectivity index (χ4v) is 3.30. The van der Waals surface area contributed by atoms with Crippen LogP contribution in [0.15, 0.2) is 29.4 Å². The molecule has 1 aromatic heterocycles. The van der Waals surface area contributed by atoms with Crippen molar-refractivity contribution < 1.29 is 9.18 Å². The molecule has 1 aromatic carbocycles. The standard InChI is InChI=1S/C14H16FN5OS/c15-10-4-3-5-11(8-10)16-13(21)9-22-14-17-18-19-20(14)12-6-1-2-7-12/h3-5,8,12H,1-2,6-7,9H2,(H,16,21). The van der Waals surface area contributed by atoms with Gasteiger partial charge in [-0.2, -0.15) is 0 Å². The van der Waals surface area contributed by atoms with Gasteiger partial charge in [0, 0.05) is 5.69 Å². The molecule has 1 aliphatic rings. The topological polar surface area (TPSA) is 72.7 Å². The second kappa shape index (κ2) is 6.87. The fraction of sp³-hybridized carbons (Fsp3) is 0.429. The Labute approximate surface area is 131 Å². The maximum Gasteiger partial charge on any atom is 0.234 e. The third kappa shape index (κ3) is 3.62. The Morgan fingerprint density at radius 2 is 2.23 bits per heavy atom. The van der Waals surface area contributed by atoms with E-state index in [1.807, 2.05) is 4.68 Å². The van der Waals surface area contributed by atoms with Gasteiger partial charge in [0.25, 0.3) is 0 Å². The molecular formula is C14H16FN5OS. The van der Waals surface area contributed by atoms with Crippen LogP contribution < -0.4 is 5.32 Å². The van der Waals surface area contributed by atoms with E-state index in [-0.39, 0.29) is 17.5 Å². The van der Waals surface area contributed by atoms with Gasteiger partial charge in [-0.25, -0.2) is 9.07 Å². The molecule has 2 aromatic rings. The molecule has 1 heterocycles. The summed E-state index contributed by atoms with van der Waals surface area (Å²) < 4.78 is 14.9. The van der Waals surface area contributed by atoms with E-state index in [4.69, 9.17) is 0 Å². The molecule has 0 unspecified atom stereocenters. The van der Waals surface area contributed by atoms with Crippen LogP contribution in [0, 0.1) is 5.82 Å². The lowest BCUT2D eigenvalue weighted by Crippen LogP contribution is -2.15. The van der Waals surface area contributed by atoms with Crippen LogP contribution in [0.1, 0.15) is 31.7 Å². The van der Waals surface area contributed by atoms with E-state index in [0.29, 0.717) is 16.9 Å². The molecule has 0 spiro atoms. The first-order valence-corrected chi connectivity index (χ1v) is 8.17. The van der Waals surface area contributed by atoms with E-state index in [1.165, 1.54) is 36.7 Å². The average Bonchev–Trinajstić information content (AvgIpc) is 3.16. The lowest BCUT2D eigenvalue weighted by atomic mass is 10.3. The minimum atomic E-state index is -0.379. The molecule has 22 heavy (non-hydrogen) atoms. The number of nitrogens with one attached hydrogen (secondary N) is 1. The summed E-state index contributed by atoms with van der Waals surface area (Å²) in [5, 5.41) is 15.0. The van der Waals surface area contributed by atoms with Gasteiger partial charge in [-0.15, -0.1) is 5.10 Å². The molecule has 6 nitrogen and oxygen atoms in total. The SMILES string of the molecule is O=C(CSc1nnnn1C1CCCC1)Nc1cccc(F)c1. The van der Waals surface area contributed by atoms with Crippen molar-refractivity contribution >= 4 is 23.4 Å². The fourth-order valence-electron chi connectivity index (χ4n) is 2.55. The summed E-state index contributed by atoms with van der Waals surface area (Å²) in [6.07, 6.45) is 4.53. The van der Waals surface area contributed by atoms with Gasteiger partial charge in [0.05, 0.1) is 11.8 Å². The zero-order valence-electron chi connectivity index (χ0n) is 11.9. The van der Waals surface area contributed by atoms with Crippen molar-refractivity contribution in [3.8, 4) is 0 Å². The minimum absolute atomic E-state index is 0.184. The number of anilines is 1. The Hall–Kier alpha value is -1.96. The second-order valence-electron chi connectivity index (χ2n) is 5.19. The number of nitrogens with zero attached hydrogens (tertiary/aromatic N) is 4. The van der Waals surface area contributed by atoms with Gasteiger partial charge in [0.15, 0.2) is 0 Å². The van der Waals surface area contributed by atoms with E-state index in [0.717, 1.165) is 12.8 Å². The van der Waals surface area contributed by atoms with Gasteiger partial charge >= 0.3 is 0 Å². The highest BCUT2D eigenvalue weighted by molar-refractivity contribution is 7.99. The lowest BCUT2D eigenvalue weighted by Gasteiger charge is -2.10. The average molecular weight is 321 g/mol. The molecule has 1 fully saturated rings. The highest BCUT2D eigenvalue weighted by atomic mass is 32.2. The predicted octanol–water partition coefficient (Wildman–Crippen LogP) is 2.66. The van der Waals surface area contributed by atoms with E-state index in [2.05, 4.69) is 20.8 Å². The number of hydrogen-bond donors (Lipinski definition) is 1. The highest BCUT2D eigenvalue weighted by Gasteiger charge is 2.22. The summed E-state index contributed by atoms with van der Waals surface area (Å²) in [6, 6.07) is 6.15. The number of halogens is 1. The van der Waals surface area contributed by atoms with Crippen molar-refractivity contribution in [3.63, 3.8) is 0 Å². The molecule has 8 heteroatoms. The lowest BCUT2D eigenvalue weighted by molar-refractivity contribution is -0.113. The first kappa shape index (κ1) is 15.0. The molecule has 1 aliphatic carbocycles. The van der Waals surface area contributed by atoms with Crippen LogP contribution in [0.4, 0.5) is 10.1 Å². The largest absolute Gasteiger partial charge is 0.325 e. The van der Waals surface area contributed by atoms with Gasteiger partial charge < -0.3 is 5.32 Å². The number of aromatic nitrogens is 4. The van der Waals surface area contributed by atoms with Crippen LogP contribution in [0.5, 0.6) is 0 Å². The third-order valence-electron chi connectivity index (χ3n) is 3.57. The van der Waals surface area contributed by atoms with Crippen molar-refractivity contribution in [1.29, 1.82) is 0 Å². The molecule has 1 amide bonds. The third-order valence-corrected chi connectivity index (χ3v) is 4.51. The van der Waals surface area contributed by atoms with Crippen molar-refractivity contribution in [2.24, 2.45) is 0 Å². The summed E-state index contributed by atoms with van der Waals surface area (Å²) in [7, 11) is 0. The molecule has 3 rings (SSSR count). The van der Waals surface area contributed by atoms with Gasteiger partial charge in [0.1, 0.15) is 5.82 Å². The van der Waals surface area contributed by atoms with Crippen LogP contribution >= 0.6 is 11.8 Å². The molecule has 0 bridgehead atoms. The molecule has 1 saturated carbocycles. The Morgan fingerprint density at radius 1 is 1.41 bits per heavy atom. The summed E-state index contributed by atoms with van der Waals surface area (Å²) >= 11 is 1.29. The molecule has 0 saturated heterocycles. The van der Waals surface area contributed by atoms with Gasteiger partial charge in [-0.1, -0.05) is 30.7 Å². The summed E-state index contributed by atoms with van der Waals surface area (Å²) in [5.41, 5.74) is 0.445. The molecule has 1 N–H and O–H groups in total. The van der Waals surface area contributed by atoms with E-state index < -0.39 is 0 Å². The molecule has 0 radical (unpaired) electrons. The van der Waals surface area contributed by atoms with Gasteiger partial charge in [0.2, 0.25) is 11.1 Å². The molecule has 0 aliphatic heterocycles. The Balaban J connectivity index is 1.56. The Bertz CT molecular complexity index is 656. The van der Waals surface area contributed by atoms with Gasteiger partial charge in [-0.05, 0) is 41.5 Å². The number of rotatable bonds is 5. The number of carbonyl (C=O) groups excluding carboxylic acids is 1. The first-order valence-electron chi connectivity index (χ1n) is 7.18. The van der Waals surface area contributed by atoms with Crippen LogP contribution in [0.3, 0.4) is 0 Å². The molecule has 0 atom stereocenters. The summed E-state index contributed by atoms with van der Waals surface area (Å²) in [5.74, 6) is -0.406. The molecular weight excluding hydrogens is 305 g/mol. The van der Waals surface area contributed by atoms with E-state index in [1.54, 1.807) is 12.1 Å². The van der Waals surface area contributed by atoms with Crippen molar-refractivity contribution in [2.45, 2.75) is 36.9 Å². The van der Waals surface area contributed by atoms with Crippen molar-refractivity contribution in [3.05, 3.63) is 30.1 Å². The normalized spacial score (nSPS) is 15.1. The van der Waals surface area contributed by atoms with Gasteiger partial charge in [-0.3, -0.25) is 4.79 Å². The maximum absolute atomic E-state index is 13.1. The number of tetrazole rings is 1. The predicted molar refractivity (Wildman–Crippen MR) is 81.1 cm³/mol. The summed E-state index contributed by atoms with van der Waals surface area (Å²) in [4.78, 5) is 11.9. The highest BCUT2D eigenvalue weighted by Crippen LogP contribution is 2.31.